The summed E-state index contributed by atoms with van der Waals surface area (Å²) in [6.45, 7) is 6.56. The van der Waals surface area contributed by atoms with E-state index in [2.05, 4.69) is 35.4 Å². The van der Waals surface area contributed by atoms with Gasteiger partial charge in [-0.3, -0.25) is 4.79 Å². The molecule has 0 spiro atoms. The smallest absolute Gasteiger partial charge is 0.321 e. The zero-order valence-electron chi connectivity index (χ0n) is 12.1. The van der Waals surface area contributed by atoms with E-state index in [0.29, 0.717) is 0 Å². The van der Waals surface area contributed by atoms with Crippen molar-refractivity contribution in [2.24, 2.45) is 5.92 Å². The van der Waals surface area contributed by atoms with Gasteiger partial charge in [-0.05, 0) is 48.5 Å². The maximum Gasteiger partial charge on any atom is 0.321 e. The lowest BCUT2D eigenvalue weighted by Crippen LogP contribution is -2.49. The average molecular weight is 286 g/mol. The first-order chi connectivity index (χ1) is 10.2. The summed E-state index contributed by atoms with van der Waals surface area (Å²) in [7, 11) is 0. The number of nitrogens with one attached hydrogen (secondary N) is 2. The summed E-state index contributed by atoms with van der Waals surface area (Å²) < 4.78 is 0. The summed E-state index contributed by atoms with van der Waals surface area (Å²) in [5.74, 6) is -0.604. The van der Waals surface area contributed by atoms with E-state index in [1.54, 1.807) is 6.08 Å². The lowest BCUT2D eigenvalue weighted by molar-refractivity contribution is -0.141. The fourth-order valence-electron chi connectivity index (χ4n) is 3.62. The van der Waals surface area contributed by atoms with Crippen molar-refractivity contribution in [1.82, 2.24) is 10.6 Å². The number of aliphatic carboxylic acids is 1. The van der Waals surface area contributed by atoms with E-state index in [0.717, 1.165) is 32.5 Å². The Kier molecular flexibility index (Phi) is 4.08. The monoisotopic (exact) mass is 286 g/mol. The van der Waals surface area contributed by atoms with Crippen LogP contribution in [0, 0.1) is 5.92 Å². The Morgan fingerprint density at radius 2 is 2.19 bits per heavy atom. The molecule has 0 aromatic heterocycles. The van der Waals surface area contributed by atoms with E-state index in [1.165, 1.54) is 16.7 Å². The number of piperidine rings is 1. The van der Waals surface area contributed by atoms with Crippen LogP contribution < -0.4 is 10.6 Å². The van der Waals surface area contributed by atoms with Gasteiger partial charge in [-0.15, -0.1) is 6.58 Å². The van der Waals surface area contributed by atoms with Gasteiger partial charge in [0.2, 0.25) is 0 Å². The first-order valence-electron chi connectivity index (χ1n) is 7.62. The summed E-state index contributed by atoms with van der Waals surface area (Å²) in [6.07, 6.45) is 3.81. The minimum Gasteiger partial charge on any atom is -0.480 e. The highest BCUT2D eigenvalue weighted by Crippen LogP contribution is 2.35. The van der Waals surface area contributed by atoms with Gasteiger partial charge in [0.25, 0.3) is 0 Å². The molecule has 4 nitrogen and oxygen atoms in total. The molecule has 2 aliphatic rings. The van der Waals surface area contributed by atoms with Crippen molar-refractivity contribution in [2.75, 3.05) is 13.1 Å². The van der Waals surface area contributed by atoms with E-state index >= 15 is 0 Å². The molecule has 0 saturated carbocycles. The number of carboxylic acid groups (broad SMARTS) is 1. The molecule has 1 fully saturated rings. The Morgan fingerprint density at radius 1 is 1.33 bits per heavy atom. The third kappa shape index (κ3) is 2.74. The van der Waals surface area contributed by atoms with E-state index in [-0.39, 0.29) is 11.8 Å². The average Bonchev–Trinajstić information content (AvgIpc) is 2.53. The number of rotatable bonds is 3. The van der Waals surface area contributed by atoms with Crippen LogP contribution in [0.5, 0.6) is 0 Å². The fraction of sp³-hybridized carbons (Fsp3) is 0.471. The van der Waals surface area contributed by atoms with Gasteiger partial charge in [0, 0.05) is 12.5 Å². The third-order valence-corrected chi connectivity index (χ3v) is 4.75. The lowest BCUT2D eigenvalue weighted by atomic mass is 9.76. The van der Waals surface area contributed by atoms with Crippen LogP contribution in [0.3, 0.4) is 0 Å². The Morgan fingerprint density at radius 3 is 2.95 bits per heavy atom. The quantitative estimate of drug-likeness (QED) is 0.740. The number of carbonyl (C=O) groups is 1. The van der Waals surface area contributed by atoms with Crippen molar-refractivity contribution in [3.05, 3.63) is 47.5 Å². The molecule has 0 aliphatic carbocycles. The van der Waals surface area contributed by atoms with E-state index in [9.17, 15) is 9.90 Å². The van der Waals surface area contributed by atoms with Crippen molar-refractivity contribution in [2.45, 2.75) is 31.3 Å². The summed E-state index contributed by atoms with van der Waals surface area (Å²) in [5, 5.41) is 15.9. The molecule has 1 aromatic carbocycles. The van der Waals surface area contributed by atoms with Gasteiger partial charge < -0.3 is 15.7 Å². The van der Waals surface area contributed by atoms with Crippen LogP contribution in [-0.2, 0) is 17.8 Å². The molecule has 1 aromatic rings. The predicted octanol–water partition coefficient (Wildman–Crippen LogP) is 1.66. The summed E-state index contributed by atoms with van der Waals surface area (Å²) in [4.78, 5) is 11.4. The van der Waals surface area contributed by atoms with E-state index in [1.807, 2.05) is 0 Å². The van der Waals surface area contributed by atoms with Crippen molar-refractivity contribution in [1.29, 1.82) is 0 Å². The molecule has 3 rings (SSSR count). The lowest BCUT2D eigenvalue weighted by Gasteiger charge is -2.36. The zero-order valence-corrected chi connectivity index (χ0v) is 12.1. The molecule has 3 unspecified atom stereocenters. The number of hydrogen-bond donors (Lipinski definition) is 3. The van der Waals surface area contributed by atoms with Crippen LogP contribution in [0.25, 0.3) is 0 Å². The van der Waals surface area contributed by atoms with E-state index < -0.39 is 12.0 Å². The van der Waals surface area contributed by atoms with Crippen molar-refractivity contribution >= 4 is 5.97 Å². The maximum atomic E-state index is 11.4. The minimum atomic E-state index is -0.785. The van der Waals surface area contributed by atoms with Crippen LogP contribution in [0.4, 0.5) is 0 Å². The number of benzene rings is 1. The highest BCUT2D eigenvalue weighted by molar-refractivity contribution is 5.74. The molecule has 2 heterocycles. The van der Waals surface area contributed by atoms with Gasteiger partial charge in [-0.2, -0.15) is 0 Å². The molecular formula is C17H22N2O2. The second kappa shape index (κ2) is 6.00. The molecule has 4 heteroatoms. The standard InChI is InChI=1S/C17H22N2O2/c1-2-14-15(6-8-19-16(14)17(20)21)12-3-4-13-10-18-7-5-11(13)9-12/h2-4,9,14-16,18-19H,1,5-8,10H2,(H,20,21). The number of fused-ring (bicyclic) bond motifs is 1. The van der Waals surface area contributed by atoms with Gasteiger partial charge >= 0.3 is 5.97 Å². The van der Waals surface area contributed by atoms with Crippen LogP contribution in [0.2, 0.25) is 0 Å². The molecule has 1 saturated heterocycles. The van der Waals surface area contributed by atoms with E-state index in [4.69, 9.17) is 0 Å². The van der Waals surface area contributed by atoms with Crippen LogP contribution >= 0.6 is 0 Å². The van der Waals surface area contributed by atoms with Gasteiger partial charge in [-0.1, -0.05) is 24.3 Å². The Balaban J connectivity index is 1.90. The number of carboxylic acids is 1. The molecular weight excluding hydrogens is 264 g/mol. The first kappa shape index (κ1) is 14.3. The van der Waals surface area contributed by atoms with Crippen LogP contribution in [-0.4, -0.2) is 30.2 Å². The Labute approximate surface area is 125 Å². The van der Waals surface area contributed by atoms with Crippen molar-refractivity contribution < 1.29 is 9.90 Å². The second-order valence-electron chi connectivity index (χ2n) is 5.93. The molecule has 3 N–H and O–H groups in total. The molecule has 112 valence electrons. The molecule has 0 amide bonds. The largest absolute Gasteiger partial charge is 0.480 e. The highest BCUT2D eigenvalue weighted by Gasteiger charge is 2.36. The fourth-order valence-corrected chi connectivity index (χ4v) is 3.62. The Hall–Kier alpha value is -1.65. The second-order valence-corrected chi connectivity index (χ2v) is 5.93. The summed E-state index contributed by atoms with van der Waals surface area (Å²) >= 11 is 0. The Bertz CT molecular complexity index is 556. The first-order valence-corrected chi connectivity index (χ1v) is 7.62. The molecule has 0 bridgehead atoms. The van der Waals surface area contributed by atoms with Crippen molar-refractivity contribution in [3.63, 3.8) is 0 Å². The zero-order chi connectivity index (χ0) is 14.8. The molecule has 0 radical (unpaired) electrons. The summed E-state index contributed by atoms with van der Waals surface area (Å²) in [6, 6.07) is 6.10. The molecule has 2 aliphatic heterocycles. The normalized spacial score (nSPS) is 28.7. The predicted molar refractivity (Wildman–Crippen MR) is 82.3 cm³/mol. The maximum absolute atomic E-state index is 11.4. The highest BCUT2D eigenvalue weighted by atomic mass is 16.4. The third-order valence-electron chi connectivity index (χ3n) is 4.75. The topological polar surface area (TPSA) is 61.4 Å². The van der Waals surface area contributed by atoms with Gasteiger partial charge in [-0.25, -0.2) is 0 Å². The molecule has 3 atom stereocenters. The number of hydrogen-bond acceptors (Lipinski definition) is 3. The minimum absolute atomic E-state index is 0.0592. The van der Waals surface area contributed by atoms with Gasteiger partial charge in [0.1, 0.15) is 6.04 Å². The SMILES string of the molecule is C=CC1C(C(=O)O)NCCC1c1ccc2c(c1)CCNC2. The van der Waals surface area contributed by atoms with Crippen LogP contribution in [0.15, 0.2) is 30.9 Å². The van der Waals surface area contributed by atoms with Gasteiger partial charge in [0.15, 0.2) is 0 Å². The van der Waals surface area contributed by atoms with Crippen LogP contribution in [0.1, 0.15) is 29.0 Å². The van der Waals surface area contributed by atoms with Gasteiger partial charge in [0.05, 0.1) is 0 Å². The van der Waals surface area contributed by atoms with Crippen molar-refractivity contribution in [3.8, 4) is 0 Å². The summed E-state index contributed by atoms with van der Waals surface area (Å²) in [5.41, 5.74) is 4.02. The molecule has 21 heavy (non-hydrogen) atoms.